The molecular weight excluding hydrogens is 324 g/mol. The third-order valence-electron chi connectivity index (χ3n) is 4.03. The zero-order valence-electron chi connectivity index (χ0n) is 14.7. The lowest BCUT2D eigenvalue weighted by Crippen LogP contribution is -2.44. The van der Waals surface area contributed by atoms with Crippen LogP contribution in [0, 0.1) is 0 Å². The maximum Gasteiger partial charge on any atom is 0.407 e. The highest BCUT2D eigenvalue weighted by atomic mass is 16.6. The van der Waals surface area contributed by atoms with Crippen LogP contribution < -0.4 is 5.32 Å². The van der Waals surface area contributed by atoms with Gasteiger partial charge in [0.25, 0.3) is 11.8 Å². The number of benzene rings is 1. The van der Waals surface area contributed by atoms with Crippen molar-refractivity contribution in [3.05, 3.63) is 35.4 Å². The molecule has 7 heteroatoms. The number of amides is 3. The fourth-order valence-corrected chi connectivity index (χ4v) is 3.01. The Labute approximate surface area is 147 Å². The van der Waals surface area contributed by atoms with Gasteiger partial charge in [-0.15, -0.1) is 0 Å². The number of carbonyl (C=O) groups excluding carboxylic acids is 3. The van der Waals surface area contributed by atoms with Crippen LogP contribution in [-0.2, 0) is 4.74 Å². The summed E-state index contributed by atoms with van der Waals surface area (Å²) in [5.41, 5.74) is -0.0578. The number of ether oxygens (including phenoxy) is 1. The number of rotatable bonds is 7. The van der Waals surface area contributed by atoms with Crippen LogP contribution in [0.1, 0.15) is 54.3 Å². The molecule has 1 aliphatic rings. The van der Waals surface area contributed by atoms with Gasteiger partial charge in [0.15, 0.2) is 0 Å². The van der Waals surface area contributed by atoms with Gasteiger partial charge < -0.3 is 15.2 Å². The number of aliphatic hydroxyl groups excluding tert-OH is 1. The minimum atomic E-state index is -0.863. The highest BCUT2D eigenvalue weighted by molar-refractivity contribution is 6.21. The number of hydrogen-bond donors (Lipinski definition) is 2. The van der Waals surface area contributed by atoms with Gasteiger partial charge in [0, 0.05) is 25.6 Å². The predicted molar refractivity (Wildman–Crippen MR) is 91.3 cm³/mol. The van der Waals surface area contributed by atoms with Crippen molar-refractivity contribution in [3.63, 3.8) is 0 Å². The highest BCUT2D eigenvalue weighted by Gasteiger charge is 2.40. The normalized spacial score (nSPS) is 15.1. The molecule has 0 fully saturated rings. The van der Waals surface area contributed by atoms with Crippen LogP contribution in [0.15, 0.2) is 24.3 Å². The van der Waals surface area contributed by atoms with Crippen LogP contribution in [0.5, 0.6) is 0 Å². The number of fused-ring (bicyclic) bond motifs is 1. The molecule has 136 valence electrons. The Hall–Kier alpha value is -2.41. The van der Waals surface area contributed by atoms with Gasteiger partial charge in [-0.25, -0.2) is 4.79 Å². The van der Waals surface area contributed by atoms with Crippen LogP contribution in [0.2, 0.25) is 0 Å². The van der Waals surface area contributed by atoms with Crippen LogP contribution in [0.3, 0.4) is 0 Å². The average molecular weight is 348 g/mol. The van der Waals surface area contributed by atoms with Gasteiger partial charge in [-0.2, -0.15) is 0 Å². The van der Waals surface area contributed by atoms with Gasteiger partial charge in [-0.1, -0.05) is 12.1 Å². The summed E-state index contributed by atoms with van der Waals surface area (Å²) in [4.78, 5) is 38.0. The van der Waals surface area contributed by atoms with E-state index in [9.17, 15) is 14.4 Å². The number of nitrogens with one attached hydrogen (secondary N) is 1. The van der Waals surface area contributed by atoms with Crippen molar-refractivity contribution in [3.8, 4) is 0 Å². The Morgan fingerprint density at radius 3 is 2.32 bits per heavy atom. The van der Waals surface area contributed by atoms with E-state index in [-0.39, 0.29) is 18.4 Å². The molecule has 1 unspecified atom stereocenters. The first kappa shape index (κ1) is 18.9. The van der Waals surface area contributed by atoms with E-state index < -0.39 is 17.7 Å². The molecule has 25 heavy (non-hydrogen) atoms. The topological polar surface area (TPSA) is 95.9 Å². The lowest BCUT2D eigenvalue weighted by molar-refractivity contribution is 0.0146. The predicted octanol–water partition coefficient (Wildman–Crippen LogP) is 1.95. The van der Waals surface area contributed by atoms with E-state index in [1.54, 1.807) is 45.0 Å². The van der Waals surface area contributed by atoms with Crippen molar-refractivity contribution in [2.75, 3.05) is 13.2 Å². The molecule has 1 atom stereocenters. The fraction of sp³-hybridized carbons (Fsp3) is 0.500. The van der Waals surface area contributed by atoms with Crippen molar-refractivity contribution < 1.29 is 24.2 Å². The summed E-state index contributed by atoms with van der Waals surface area (Å²) in [6.07, 6.45) is 0.167. The van der Waals surface area contributed by atoms with E-state index in [4.69, 9.17) is 9.84 Å². The summed E-state index contributed by atoms with van der Waals surface area (Å²) < 4.78 is 5.38. The van der Waals surface area contributed by atoms with Crippen molar-refractivity contribution in [1.29, 1.82) is 0 Å². The molecule has 0 bridgehead atoms. The monoisotopic (exact) mass is 348 g/mol. The molecule has 0 radical (unpaired) electrons. The van der Waals surface area contributed by atoms with Gasteiger partial charge in [-0.3, -0.25) is 14.5 Å². The number of imide groups is 1. The quantitative estimate of drug-likeness (QED) is 0.580. The molecule has 2 rings (SSSR count). The fourth-order valence-electron chi connectivity index (χ4n) is 3.01. The average Bonchev–Trinajstić information content (AvgIpc) is 2.78. The van der Waals surface area contributed by atoms with E-state index in [0.717, 1.165) is 0 Å². The number of alkyl carbamates (subject to hydrolysis) is 1. The molecule has 0 spiro atoms. The smallest absolute Gasteiger partial charge is 0.407 e. The second kappa shape index (κ2) is 7.65. The summed E-state index contributed by atoms with van der Waals surface area (Å²) >= 11 is 0. The standard InChI is InChI=1S/C18H24N2O5/c1-12(11-18(2,3)25-17(24)19-9-6-10-21)20-15(22)13-7-4-5-8-14(13)16(20)23/h4-5,7-8,12,21H,6,9-11H2,1-3H3,(H,19,24). The van der Waals surface area contributed by atoms with Crippen LogP contribution in [-0.4, -0.2) is 52.7 Å². The number of carbonyl (C=O) groups is 3. The minimum absolute atomic E-state index is 0.0134. The highest BCUT2D eigenvalue weighted by Crippen LogP contribution is 2.28. The first-order chi connectivity index (χ1) is 11.8. The van der Waals surface area contributed by atoms with Gasteiger partial charge in [0.1, 0.15) is 5.60 Å². The Morgan fingerprint density at radius 2 is 1.80 bits per heavy atom. The zero-order chi connectivity index (χ0) is 18.6. The summed E-state index contributed by atoms with van der Waals surface area (Å²) in [5, 5.41) is 11.3. The van der Waals surface area contributed by atoms with Crippen LogP contribution in [0.25, 0.3) is 0 Å². The molecule has 3 amide bonds. The number of nitrogens with zero attached hydrogens (tertiary/aromatic N) is 1. The number of aliphatic hydroxyl groups is 1. The maximum atomic E-state index is 12.5. The summed E-state index contributed by atoms with van der Waals surface area (Å²) in [7, 11) is 0. The Kier molecular flexibility index (Phi) is 5.79. The van der Waals surface area contributed by atoms with E-state index in [1.165, 1.54) is 4.90 Å². The third kappa shape index (κ3) is 4.36. The maximum absolute atomic E-state index is 12.5. The molecular formula is C18H24N2O5. The first-order valence-electron chi connectivity index (χ1n) is 8.31. The van der Waals surface area contributed by atoms with Gasteiger partial charge in [0.05, 0.1) is 11.1 Å². The van der Waals surface area contributed by atoms with Gasteiger partial charge >= 0.3 is 6.09 Å². The minimum Gasteiger partial charge on any atom is -0.443 e. The van der Waals surface area contributed by atoms with Crippen LogP contribution >= 0.6 is 0 Å². The van der Waals surface area contributed by atoms with E-state index >= 15 is 0 Å². The van der Waals surface area contributed by atoms with Crippen molar-refractivity contribution in [1.82, 2.24) is 10.2 Å². The van der Waals surface area contributed by atoms with Crippen LogP contribution in [0.4, 0.5) is 4.79 Å². The second-order valence-electron chi connectivity index (χ2n) is 6.73. The van der Waals surface area contributed by atoms with E-state index in [1.807, 2.05) is 0 Å². The summed E-state index contributed by atoms with van der Waals surface area (Å²) in [6, 6.07) is 6.30. The molecule has 2 N–H and O–H groups in total. The Balaban J connectivity index is 1.99. The lowest BCUT2D eigenvalue weighted by atomic mass is 9.99. The summed E-state index contributed by atoms with van der Waals surface area (Å²) in [5.74, 6) is -0.646. The van der Waals surface area contributed by atoms with Crippen molar-refractivity contribution in [2.24, 2.45) is 0 Å². The molecule has 7 nitrogen and oxygen atoms in total. The molecule has 0 aromatic heterocycles. The van der Waals surface area contributed by atoms with Crippen molar-refractivity contribution in [2.45, 2.75) is 45.3 Å². The van der Waals surface area contributed by atoms with E-state index in [0.29, 0.717) is 30.5 Å². The zero-order valence-corrected chi connectivity index (χ0v) is 14.7. The molecule has 0 aliphatic carbocycles. The Morgan fingerprint density at radius 1 is 1.24 bits per heavy atom. The SMILES string of the molecule is CC(CC(C)(C)OC(=O)NCCCO)N1C(=O)c2ccccc2C1=O. The first-order valence-corrected chi connectivity index (χ1v) is 8.31. The van der Waals surface area contributed by atoms with Crippen molar-refractivity contribution >= 4 is 17.9 Å². The molecule has 0 saturated carbocycles. The second-order valence-corrected chi connectivity index (χ2v) is 6.73. The van der Waals surface area contributed by atoms with Gasteiger partial charge in [0.2, 0.25) is 0 Å². The Bertz CT molecular complexity index is 636. The van der Waals surface area contributed by atoms with E-state index in [2.05, 4.69) is 5.32 Å². The molecule has 1 aliphatic heterocycles. The molecule has 1 aromatic rings. The third-order valence-corrected chi connectivity index (χ3v) is 4.03. The molecule has 0 saturated heterocycles. The molecule has 1 aromatic carbocycles. The largest absolute Gasteiger partial charge is 0.443 e. The molecule has 1 heterocycles. The van der Waals surface area contributed by atoms with Gasteiger partial charge in [-0.05, 0) is 39.3 Å². The summed E-state index contributed by atoms with van der Waals surface area (Å²) in [6.45, 7) is 5.52. The lowest BCUT2D eigenvalue weighted by Gasteiger charge is -2.31. The number of hydrogen-bond acceptors (Lipinski definition) is 5.